The van der Waals surface area contributed by atoms with E-state index in [2.05, 4.69) is 51.3 Å². The van der Waals surface area contributed by atoms with Crippen LogP contribution in [0.25, 0.3) is 11.3 Å². The van der Waals surface area contributed by atoms with Crippen molar-refractivity contribution in [1.29, 1.82) is 0 Å². The largest absolute Gasteiger partial charge is 0.408 e. The Hall–Kier alpha value is -3.68. The van der Waals surface area contributed by atoms with Gasteiger partial charge in [-0.1, -0.05) is 55.3 Å². The summed E-state index contributed by atoms with van der Waals surface area (Å²) in [5.41, 5.74) is 3.10. The average molecular weight is 490 g/mol. The van der Waals surface area contributed by atoms with Crippen molar-refractivity contribution < 1.29 is 13.2 Å². The quantitative estimate of drug-likeness (QED) is 0.298. The fourth-order valence-electron chi connectivity index (χ4n) is 5.13. The molecule has 2 aromatic heterocycles. The molecule has 0 fully saturated rings. The number of nitrogens with zero attached hydrogens (tertiary/aromatic N) is 5. The molecular formula is C28H29F2N5O. The molecule has 1 aliphatic carbocycles. The molecule has 4 aromatic rings. The third-order valence-corrected chi connectivity index (χ3v) is 6.93. The Morgan fingerprint density at radius 2 is 1.69 bits per heavy atom. The number of hydrogen-bond donors (Lipinski definition) is 0. The Morgan fingerprint density at radius 3 is 2.36 bits per heavy atom. The summed E-state index contributed by atoms with van der Waals surface area (Å²) in [5.74, 6) is -0.141. The number of hydrogen-bond acceptors (Lipinski definition) is 6. The molecule has 2 heterocycles. The van der Waals surface area contributed by atoms with Crippen molar-refractivity contribution in [1.82, 2.24) is 20.4 Å². The maximum absolute atomic E-state index is 14.5. The zero-order valence-electron chi connectivity index (χ0n) is 20.7. The lowest BCUT2D eigenvalue weighted by Crippen LogP contribution is -2.32. The van der Waals surface area contributed by atoms with Gasteiger partial charge in [0.15, 0.2) is 0 Å². The van der Waals surface area contributed by atoms with Gasteiger partial charge < -0.3 is 9.32 Å². The second kappa shape index (κ2) is 10.1. The molecule has 6 nitrogen and oxygen atoms in total. The number of rotatable bonds is 7. The molecule has 0 saturated heterocycles. The van der Waals surface area contributed by atoms with Gasteiger partial charge in [-0.05, 0) is 54.0 Å². The summed E-state index contributed by atoms with van der Waals surface area (Å²) in [6, 6.07) is 16.3. The Kier molecular flexibility index (Phi) is 6.76. The molecule has 0 radical (unpaired) electrons. The summed E-state index contributed by atoms with van der Waals surface area (Å²) in [5, 5.41) is 17.2. The SMILES string of the molecule is Cc1nnc(N(Cc2ccccc2)CC2CCC(C(C)C)c3cc(-c4c(F)cccc4F)nnc32)o1. The monoisotopic (exact) mass is 489 g/mol. The van der Waals surface area contributed by atoms with Crippen LogP contribution in [0.5, 0.6) is 0 Å². The smallest absolute Gasteiger partial charge is 0.318 e. The fourth-order valence-corrected chi connectivity index (χ4v) is 5.13. The van der Waals surface area contributed by atoms with Crippen molar-refractivity contribution in [2.75, 3.05) is 11.4 Å². The molecule has 0 aliphatic heterocycles. The lowest BCUT2D eigenvalue weighted by atomic mass is 9.74. The van der Waals surface area contributed by atoms with Crippen molar-refractivity contribution in [2.24, 2.45) is 5.92 Å². The second-order valence-electron chi connectivity index (χ2n) is 9.76. The fraction of sp³-hybridized carbons (Fsp3) is 0.357. The first kappa shape index (κ1) is 24.0. The molecule has 2 aromatic carbocycles. The van der Waals surface area contributed by atoms with Crippen molar-refractivity contribution >= 4 is 6.01 Å². The first-order chi connectivity index (χ1) is 17.4. The van der Waals surface area contributed by atoms with Gasteiger partial charge in [-0.2, -0.15) is 10.2 Å². The maximum atomic E-state index is 14.5. The van der Waals surface area contributed by atoms with Gasteiger partial charge in [-0.15, -0.1) is 5.10 Å². The van der Waals surface area contributed by atoms with Crippen LogP contribution >= 0.6 is 0 Å². The third-order valence-electron chi connectivity index (χ3n) is 6.93. The molecule has 0 N–H and O–H groups in total. The normalized spacial score (nSPS) is 17.3. The van der Waals surface area contributed by atoms with E-state index in [9.17, 15) is 8.78 Å². The Balaban J connectivity index is 1.52. The minimum Gasteiger partial charge on any atom is -0.408 e. The van der Waals surface area contributed by atoms with E-state index in [0.29, 0.717) is 30.9 Å². The Morgan fingerprint density at radius 1 is 0.944 bits per heavy atom. The van der Waals surface area contributed by atoms with Crippen LogP contribution in [-0.4, -0.2) is 26.9 Å². The van der Waals surface area contributed by atoms with Crippen LogP contribution in [0.1, 0.15) is 61.2 Å². The number of aryl methyl sites for hydroxylation is 1. The van der Waals surface area contributed by atoms with Gasteiger partial charge in [0.05, 0.1) is 17.0 Å². The highest BCUT2D eigenvalue weighted by Crippen LogP contribution is 2.43. The van der Waals surface area contributed by atoms with Crippen LogP contribution in [0.3, 0.4) is 0 Å². The molecule has 0 spiro atoms. The van der Waals surface area contributed by atoms with E-state index in [1.165, 1.54) is 18.2 Å². The van der Waals surface area contributed by atoms with E-state index in [4.69, 9.17) is 4.42 Å². The number of halogens is 2. The molecule has 8 heteroatoms. The summed E-state index contributed by atoms with van der Waals surface area (Å²) in [6.45, 7) is 7.32. The first-order valence-corrected chi connectivity index (χ1v) is 12.3. The molecule has 0 saturated carbocycles. The van der Waals surface area contributed by atoms with E-state index < -0.39 is 11.6 Å². The van der Waals surface area contributed by atoms with Crippen LogP contribution in [0.4, 0.5) is 14.8 Å². The molecule has 0 amide bonds. The highest BCUT2D eigenvalue weighted by Gasteiger charge is 2.33. The number of benzene rings is 2. The average Bonchev–Trinajstić information content (AvgIpc) is 3.30. The van der Waals surface area contributed by atoms with Gasteiger partial charge in [0.25, 0.3) is 0 Å². The predicted molar refractivity (Wildman–Crippen MR) is 133 cm³/mol. The number of aromatic nitrogens is 4. The molecule has 1 aliphatic rings. The highest BCUT2D eigenvalue weighted by atomic mass is 19.1. The van der Waals surface area contributed by atoms with Crippen molar-refractivity contribution in [3.63, 3.8) is 0 Å². The molecule has 36 heavy (non-hydrogen) atoms. The third kappa shape index (κ3) is 4.85. The van der Waals surface area contributed by atoms with Crippen molar-refractivity contribution in [2.45, 2.75) is 52.0 Å². The van der Waals surface area contributed by atoms with E-state index >= 15 is 0 Å². The predicted octanol–water partition coefficient (Wildman–Crippen LogP) is 6.44. The minimum atomic E-state index is -0.640. The summed E-state index contributed by atoms with van der Waals surface area (Å²) < 4.78 is 34.9. The Labute approximate surface area is 209 Å². The van der Waals surface area contributed by atoms with Crippen LogP contribution in [0.2, 0.25) is 0 Å². The van der Waals surface area contributed by atoms with Gasteiger partial charge in [-0.3, -0.25) is 0 Å². The topological polar surface area (TPSA) is 67.9 Å². The number of fused-ring (bicyclic) bond motifs is 1. The van der Waals surface area contributed by atoms with Crippen LogP contribution in [0.15, 0.2) is 59.0 Å². The molecule has 5 rings (SSSR count). The summed E-state index contributed by atoms with van der Waals surface area (Å²) >= 11 is 0. The Bertz CT molecular complexity index is 1320. The lowest BCUT2D eigenvalue weighted by Gasteiger charge is -2.35. The molecule has 2 unspecified atom stereocenters. The first-order valence-electron chi connectivity index (χ1n) is 12.3. The summed E-state index contributed by atoms with van der Waals surface area (Å²) in [4.78, 5) is 2.08. The van der Waals surface area contributed by atoms with Gasteiger partial charge in [0.2, 0.25) is 5.89 Å². The van der Waals surface area contributed by atoms with Gasteiger partial charge in [0.1, 0.15) is 11.6 Å². The zero-order valence-corrected chi connectivity index (χ0v) is 20.7. The van der Waals surface area contributed by atoms with Gasteiger partial charge in [0, 0.05) is 25.9 Å². The van der Waals surface area contributed by atoms with Crippen LogP contribution in [0, 0.1) is 24.5 Å². The standard InChI is InChI=1S/C28H29F2N5O/c1-17(2)21-13-12-20(16-35(28-34-31-18(3)36-28)15-19-8-5-4-6-9-19)27-22(21)14-25(32-33-27)26-23(29)10-7-11-24(26)30/h4-11,14,17,20-21H,12-13,15-16H2,1-3H3. The molecule has 186 valence electrons. The molecule has 2 atom stereocenters. The van der Waals surface area contributed by atoms with E-state index in [-0.39, 0.29) is 23.1 Å². The van der Waals surface area contributed by atoms with Gasteiger partial charge >= 0.3 is 6.01 Å². The minimum absolute atomic E-state index is 0.0536. The van der Waals surface area contributed by atoms with Crippen molar-refractivity contribution in [3.05, 3.63) is 88.9 Å². The van der Waals surface area contributed by atoms with Crippen LogP contribution < -0.4 is 4.90 Å². The summed E-state index contributed by atoms with van der Waals surface area (Å²) in [6.07, 6.45) is 1.86. The highest BCUT2D eigenvalue weighted by molar-refractivity contribution is 5.61. The summed E-state index contributed by atoms with van der Waals surface area (Å²) in [7, 11) is 0. The number of anilines is 1. The zero-order chi connectivity index (χ0) is 25.2. The maximum Gasteiger partial charge on any atom is 0.318 e. The van der Waals surface area contributed by atoms with E-state index in [0.717, 1.165) is 29.7 Å². The van der Waals surface area contributed by atoms with E-state index in [1.54, 1.807) is 6.92 Å². The molecule has 0 bridgehead atoms. The molecular weight excluding hydrogens is 460 g/mol. The van der Waals surface area contributed by atoms with Crippen LogP contribution in [-0.2, 0) is 6.54 Å². The van der Waals surface area contributed by atoms with E-state index in [1.807, 2.05) is 24.3 Å². The lowest BCUT2D eigenvalue weighted by molar-refractivity contribution is 0.386. The second-order valence-corrected chi connectivity index (χ2v) is 9.76. The van der Waals surface area contributed by atoms with Crippen molar-refractivity contribution in [3.8, 4) is 11.3 Å². The van der Waals surface area contributed by atoms with Gasteiger partial charge in [-0.25, -0.2) is 8.78 Å².